The summed E-state index contributed by atoms with van der Waals surface area (Å²) >= 11 is 6.51. The highest BCUT2D eigenvalue weighted by molar-refractivity contribution is 6.34. The van der Waals surface area contributed by atoms with Gasteiger partial charge in [0.05, 0.1) is 28.1 Å². The Kier molecular flexibility index (Phi) is 6.81. The molecule has 0 radical (unpaired) electrons. The fraction of sp³-hybridized carbons (Fsp3) is 0.387. The number of halogens is 1. The molecule has 1 spiro atoms. The highest BCUT2D eigenvalue weighted by atomic mass is 35.5. The Hall–Kier alpha value is -3.46. The average molecular weight is 562 g/mol. The Labute approximate surface area is 238 Å². The molecule has 40 heavy (non-hydrogen) atoms. The third-order valence-electron chi connectivity index (χ3n) is 8.71. The predicted octanol–water partition coefficient (Wildman–Crippen LogP) is 3.59. The summed E-state index contributed by atoms with van der Waals surface area (Å²) in [5, 5.41) is 10.1. The van der Waals surface area contributed by atoms with Crippen LogP contribution in [0.1, 0.15) is 19.8 Å². The zero-order chi connectivity index (χ0) is 28.1. The number of hydrogen-bond donors (Lipinski definition) is 1. The second-order valence-electron chi connectivity index (χ2n) is 10.7. The van der Waals surface area contributed by atoms with Crippen LogP contribution in [0.25, 0.3) is 0 Å². The molecule has 4 heterocycles. The van der Waals surface area contributed by atoms with E-state index in [2.05, 4.69) is 0 Å². The molecule has 4 aliphatic rings. The van der Waals surface area contributed by atoms with Crippen LogP contribution in [0.15, 0.2) is 78.9 Å². The summed E-state index contributed by atoms with van der Waals surface area (Å²) in [5.74, 6) is -2.59. The van der Waals surface area contributed by atoms with E-state index in [0.717, 1.165) is 5.69 Å². The Morgan fingerprint density at radius 1 is 0.900 bits per heavy atom. The number of aliphatic hydroxyl groups is 1. The first kappa shape index (κ1) is 26.7. The minimum absolute atomic E-state index is 0.140. The first-order valence-electron chi connectivity index (χ1n) is 13.8. The summed E-state index contributed by atoms with van der Waals surface area (Å²) in [6, 6.07) is 15.5. The van der Waals surface area contributed by atoms with E-state index >= 15 is 0 Å². The second kappa shape index (κ2) is 10.2. The third-order valence-corrected chi connectivity index (χ3v) is 9.03. The van der Waals surface area contributed by atoms with E-state index in [1.807, 2.05) is 67.6 Å². The van der Waals surface area contributed by atoms with E-state index in [1.165, 1.54) is 4.90 Å². The minimum Gasteiger partial charge on any atom is -0.396 e. The molecule has 2 aromatic carbocycles. The molecule has 0 aromatic heterocycles. The monoisotopic (exact) mass is 561 g/mol. The molecular weight excluding hydrogens is 530 g/mol. The summed E-state index contributed by atoms with van der Waals surface area (Å²) in [6.07, 6.45) is 8.26. The van der Waals surface area contributed by atoms with Crippen molar-refractivity contribution >= 4 is 40.7 Å². The van der Waals surface area contributed by atoms with Gasteiger partial charge in [-0.15, -0.1) is 0 Å². The molecule has 1 unspecified atom stereocenters. The van der Waals surface area contributed by atoms with Gasteiger partial charge in [-0.1, -0.05) is 73.2 Å². The fourth-order valence-corrected chi connectivity index (χ4v) is 7.21. The number of aliphatic hydroxyl groups excluding tert-OH is 1. The lowest BCUT2D eigenvalue weighted by Crippen LogP contribution is -2.56. The van der Waals surface area contributed by atoms with Crippen molar-refractivity contribution < 1.29 is 24.2 Å². The summed E-state index contributed by atoms with van der Waals surface area (Å²) in [4.78, 5) is 48.0. The molecule has 8 nitrogen and oxygen atoms in total. The molecule has 6 rings (SSSR count). The van der Waals surface area contributed by atoms with Gasteiger partial charge in [0.1, 0.15) is 11.6 Å². The molecule has 0 saturated carbocycles. The van der Waals surface area contributed by atoms with Crippen LogP contribution < -0.4 is 9.80 Å². The number of carbonyl (C=O) groups is 3. The highest BCUT2D eigenvalue weighted by Gasteiger charge is 2.75. The van der Waals surface area contributed by atoms with E-state index in [1.54, 1.807) is 28.0 Å². The van der Waals surface area contributed by atoms with E-state index in [0.29, 0.717) is 30.1 Å². The van der Waals surface area contributed by atoms with Gasteiger partial charge in [-0.3, -0.25) is 14.4 Å². The van der Waals surface area contributed by atoms with Gasteiger partial charge in [-0.2, -0.15) is 0 Å². The quantitative estimate of drug-likeness (QED) is 0.544. The topological polar surface area (TPSA) is 90.4 Å². The maximum atomic E-state index is 14.4. The SMILES string of the molecule is CC[C@@]12C=CCN(c3ccccc3)C(=O)[C@@H]1[C@H]1C(=O)N(CCCO)C3C(=O)N(c4ccccc4Cl)CC=C[C@@]31O2. The van der Waals surface area contributed by atoms with Gasteiger partial charge in [0.25, 0.3) is 5.91 Å². The number of ether oxygens (including phenoxy) is 1. The van der Waals surface area contributed by atoms with Crippen LogP contribution in [0.4, 0.5) is 11.4 Å². The van der Waals surface area contributed by atoms with Crippen molar-refractivity contribution in [2.24, 2.45) is 11.8 Å². The number of hydrogen-bond acceptors (Lipinski definition) is 5. The number of nitrogens with zero attached hydrogens (tertiary/aromatic N) is 3. The van der Waals surface area contributed by atoms with Crippen LogP contribution in [0.3, 0.4) is 0 Å². The Balaban J connectivity index is 1.50. The standard InChI is InChI=1S/C31H32ClN3O5/c1-2-30-15-8-17-33(21-11-4-3-5-12-21)27(37)24(30)25-28(38)35(19-10-20-36)26-29(39)34(18-9-16-31(25,26)40-30)23-14-7-6-13-22(23)32/h3-9,11-16,24-26,36H,2,10,17-20H2,1H3/t24-,25-,26?,30+,31-/m0/s1. The summed E-state index contributed by atoms with van der Waals surface area (Å²) in [7, 11) is 0. The van der Waals surface area contributed by atoms with Crippen LogP contribution >= 0.6 is 11.6 Å². The second-order valence-corrected chi connectivity index (χ2v) is 11.1. The molecule has 4 aliphatic heterocycles. The Bertz CT molecular complexity index is 1400. The van der Waals surface area contributed by atoms with Crippen LogP contribution in [0, 0.1) is 11.8 Å². The molecule has 0 aliphatic carbocycles. The van der Waals surface area contributed by atoms with E-state index in [4.69, 9.17) is 16.3 Å². The smallest absolute Gasteiger partial charge is 0.253 e. The van der Waals surface area contributed by atoms with Crippen LogP contribution in [0.5, 0.6) is 0 Å². The number of anilines is 2. The number of carbonyl (C=O) groups excluding carboxylic acids is 3. The van der Waals surface area contributed by atoms with Gasteiger partial charge in [-0.05, 0) is 37.1 Å². The van der Waals surface area contributed by atoms with Crippen molar-refractivity contribution in [3.8, 4) is 0 Å². The number of amides is 3. The van der Waals surface area contributed by atoms with Gasteiger partial charge in [0.2, 0.25) is 11.8 Å². The van der Waals surface area contributed by atoms with Crippen molar-refractivity contribution in [2.45, 2.75) is 37.0 Å². The first-order valence-corrected chi connectivity index (χ1v) is 14.2. The maximum Gasteiger partial charge on any atom is 0.253 e. The lowest BCUT2D eigenvalue weighted by molar-refractivity contribution is -0.145. The number of benzene rings is 2. The van der Waals surface area contributed by atoms with E-state index in [9.17, 15) is 19.5 Å². The molecule has 208 valence electrons. The van der Waals surface area contributed by atoms with Crippen molar-refractivity contribution in [2.75, 3.05) is 36.0 Å². The van der Waals surface area contributed by atoms with Gasteiger partial charge in [-0.25, -0.2) is 0 Å². The van der Waals surface area contributed by atoms with E-state index in [-0.39, 0.29) is 37.4 Å². The third kappa shape index (κ3) is 3.84. The zero-order valence-corrected chi connectivity index (χ0v) is 23.0. The normalized spacial score (nSPS) is 31.2. The van der Waals surface area contributed by atoms with Crippen molar-refractivity contribution in [3.63, 3.8) is 0 Å². The zero-order valence-electron chi connectivity index (χ0n) is 22.3. The molecule has 3 amide bonds. The van der Waals surface area contributed by atoms with Crippen LogP contribution in [-0.2, 0) is 19.1 Å². The van der Waals surface area contributed by atoms with Crippen molar-refractivity contribution in [1.82, 2.24) is 4.90 Å². The van der Waals surface area contributed by atoms with Gasteiger partial charge >= 0.3 is 0 Å². The molecule has 1 N–H and O–H groups in total. The fourth-order valence-electron chi connectivity index (χ4n) is 6.97. The Morgan fingerprint density at radius 3 is 2.33 bits per heavy atom. The largest absolute Gasteiger partial charge is 0.396 e. The number of rotatable bonds is 6. The molecule has 2 fully saturated rings. The number of likely N-dealkylation sites (tertiary alicyclic amines) is 1. The summed E-state index contributed by atoms with van der Waals surface area (Å²) < 4.78 is 6.97. The van der Waals surface area contributed by atoms with E-state index < -0.39 is 29.1 Å². The molecule has 5 atom stereocenters. The lowest BCUT2D eigenvalue weighted by Gasteiger charge is -2.38. The van der Waals surface area contributed by atoms with Crippen molar-refractivity contribution in [3.05, 3.63) is 83.9 Å². The maximum absolute atomic E-state index is 14.4. The van der Waals surface area contributed by atoms with Crippen LogP contribution in [-0.4, -0.2) is 71.2 Å². The van der Waals surface area contributed by atoms with Gasteiger partial charge < -0.3 is 24.5 Å². The van der Waals surface area contributed by atoms with Crippen molar-refractivity contribution in [1.29, 1.82) is 0 Å². The predicted molar refractivity (Wildman–Crippen MR) is 152 cm³/mol. The molecular formula is C31H32ClN3O5. The molecule has 0 bridgehead atoms. The first-order chi connectivity index (χ1) is 19.4. The Morgan fingerprint density at radius 2 is 1.60 bits per heavy atom. The summed E-state index contributed by atoms with van der Waals surface area (Å²) in [5.41, 5.74) is -1.15. The molecule has 9 heteroatoms. The molecule has 2 saturated heterocycles. The van der Waals surface area contributed by atoms with Crippen LogP contribution in [0.2, 0.25) is 5.02 Å². The van der Waals surface area contributed by atoms with Gasteiger partial charge in [0.15, 0.2) is 0 Å². The summed E-state index contributed by atoms with van der Waals surface area (Å²) in [6.45, 7) is 2.56. The average Bonchev–Trinajstić information content (AvgIpc) is 3.25. The molecule has 2 aromatic rings. The highest BCUT2D eigenvalue weighted by Crippen LogP contribution is 2.58. The lowest BCUT2D eigenvalue weighted by atomic mass is 9.73. The number of fused-ring (bicyclic) bond motifs is 2. The van der Waals surface area contributed by atoms with Gasteiger partial charge in [0, 0.05) is 31.9 Å². The number of para-hydroxylation sites is 2. The minimum atomic E-state index is -1.36.